The number of fused-ring (bicyclic) bond motifs is 2. The zero-order chi connectivity index (χ0) is 26.9. The van der Waals surface area contributed by atoms with Crippen molar-refractivity contribution in [3.8, 4) is 0 Å². The van der Waals surface area contributed by atoms with Gasteiger partial charge in [-0.25, -0.2) is 9.82 Å². The van der Waals surface area contributed by atoms with E-state index in [1.54, 1.807) is 23.1 Å². The number of nitrogens with zero attached hydrogens (tertiary/aromatic N) is 3. The number of aryl methyl sites for hydroxylation is 1. The Morgan fingerprint density at radius 2 is 1.67 bits per heavy atom. The largest absolute Gasteiger partial charge is 0.455 e. The number of rotatable bonds is 4. The second-order valence-corrected chi connectivity index (χ2v) is 9.96. The van der Waals surface area contributed by atoms with E-state index in [-0.39, 0.29) is 17.6 Å². The number of hydrogen-bond donors (Lipinski definition) is 1. The monoisotopic (exact) mass is 524 g/mol. The molecular weight excluding hydrogens is 495 g/mol. The molecule has 0 spiro atoms. The van der Waals surface area contributed by atoms with Crippen molar-refractivity contribution in [3.63, 3.8) is 0 Å². The van der Waals surface area contributed by atoms with Crippen molar-refractivity contribution < 1.29 is 18.4 Å². The van der Waals surface area contributed by atoms with Gasteiger partial charge in [-0.05, 0) is 48.7 Å². The Kier molecular flexibility index (Phi) is 6.60. The summed E-state index contributed by atoms with van der Waals surface area (Å²) >= 11 is 0. The zero-order valence-corrected chi connectivity index (χ0v) is 21.7. The maximum atomic E-state index is 14.2. The number of halogens is 1. The summed E-state index contributed by atoms with van der Waals surface area (Å²) in [5.41, 5.74) is 6.12. The van der Waals surface area contributed by atoms with Crippen LogP contribution in [0.15, 0.2) is 76.2 Å². The van der Waals surface area contributed by atoms with Gasteiger partial charge < -0.3 is 14.2 Å². The standard InChI is InChI=1S/C31H29FN4O3/c1-20-28-25(33-34-30(37)23-11-6-9-21-8-2-3-10-22(21)23)13-7-15-27(28)39-29(20)31(38)36-18-16-35(17-19-36)26-14-5-4-12-24(26)32/h2-6,8-12,14H,7,13,15-19H2,1H3,(H,34,37)/b33-25+. The Labute approximate surface area is 225 Å². The normalized spacial score (nSPS) is 16.4. The average molecular weight is 525 g/mol. The molecule has 6 rings (SSSR count). The third kappa shape index (κ3) is 4.67. The summed E-state index contributed by atoms with van der Waals surface area (Å²) in [5, 5.41) is 6.35. The molecule has 1 aromatic heterocycles. The topological polar surface area (TPSA) is 78.2 Å². The highest BCUT2D eigenvalue weighted by Gasteiger charge is 2.32. The Balaban J connectivity index is 1.19. The Bertz CT molecular complexity index is 1600. The van der Waals surface area contributed by atoms with E-state index in [0.717, 1.165) is 39.8 Å². The van der Waals surface area contributed by atoms with Crippen molar-refractivity contribution >= 4 is 34.0 Å². The molecule has 2 heterocycles. The van der Waals surface area contributed by atoms with Crippen LogP contribution in [-0.2, 0) is 6.42 Å². The van der Waals surface area contributed by atoms with Crippen molar-refractivity contribution in [1.29, 1.82) is 0 Å². The van der Waals surface area contributed by atoms with Gasteiger partial charge in [-0.15, -0.1) is 0 Å². The lowest BCUT2D eigenvalue weighted by atomic mass is 9.93. The van der Waals surface area contributed by atoms with Crippen LogP contribution in [0.4, 0.5) is 10.1 Å². The average Bonchev–Trinajstić information content (AvgIpc) is 3.32. The summed E-state index contributed by atoms with van der Waals surface area (Å²) in [6.45, 7) is 3.90. The summed E-state index contributed by atoms with van der Waals surface area (Å²) < 4.78 is 20.3. The second-order valence-electron chi connectivity index (χ2n) is 9.96. The Hall–Kier alpha value is -4.46. The van der Waals surface area contributed by atoms with Crippen LogP contribution in [0.5, 0.6) is 0 Å². The summed E-state index contributed by atoms with van der Waals surface area (Å²) in [5.74, 6) is 0.330. The maximum Gasteiger partial charge on any atom is 0.289 e. The highest BCUT2D eigenvalue weighted by atomic mass is 19.1. The molecule has 0 saturated carbocycles. The number of nitrogens with one attached hydrogen (secondary N) is 1. The zero-order valence-electron chi connectivity index (χ0n) is 21.7. The number of anilines is 1. The molecule has 2 aliphatic rings. The van der Waals surface area contributed by atoms with Gasteiger partial charge in [-0.3, -0.25) is 9.59 Å². The minimum Gasteiger partial charge on any atom is -0.455 e. The molecule has 0 radical (unpaired) electrons. The van der Waals surface area contributed by atoms with E-state index in [0.29, 0.717) is 56.0 Å². The number of piperazine rings is 1. The van der Waals surface area contributed by atoms with Gasteiger partial charge in [0, 0.05) is 49.3 Å². The van der Waals surface area contributed by atoms with E-state index in [9.17, 15) is 14.0 Å². The first-order valence-corrected chi connectivity index (χ1v) is 13.3. The fourth-order valence-corrected chi connectivity index (χ4v) is 5.59. The molecule has 39 heavy (non-hydrogen) atoms. The van der Waals surface area contributed by atoms with Crippen molar-refractivity contribution in [2.75, 3.05) is 31.1 Å². The van der Waals surface area contributed by atoms with E-state index < -0.39 is 0 Å². The SMILES string of the molecule is Cc1c(C(=O)N2CCN(c3ccccc3F)CC2)oc2c1/C(=N/NC(=O)c1cccc3ccccc13)CCC2. The molecule has 8 heteroatoms. The predicted octanol–water partition coefficient (Wildman–Crippen LogP) is 5.31. The van der Waals surface area contributed by atoms with Gasteiger partial charge in [0.05, 0.1) is 11.4 Å². The molecule has 1 N–H and O–H groups in total. The fourth-order valence-electron chi connectivity index (χ4n) is 5.59. The molecule has 2 amide bonds. The van der Waals surface area contributed by atoms with Gasteiger partial charge in [-0.1, -0.05) is 48.5 Å². The highest BCUT2D eigenvalue weighted by molar-refractivity contribution is 6.09. The smallest absolute Gasteiger partial charge is 0.289 e. The lowest BCUT2D eigenvalue weighted by Crippen LogP contribution is -2.49. The third-order valence-electron chi connectivity index (χ3n) is 7.61. The van der Waals surface area contributed by atoms with Crippen LogP contribution in [0.2, 0.25) is 0 Å². The van der Waals surface area contributed by atoms with E-state index in [2.05, 4.69) is 10.5 Å². The Morgan fingerprint density at radius 3 is 2.49 bits per heavy atom. The first kappa shape index (κ1) is 24.9. The fraction of sp³-hybridized carbons (Fsp3) is 0.258. The van der Waals surface area contributed by atoms with Crippen LogP contribution in [0.25, 0.3) is 10.8 Å². The van der Waals surface area contributed by atoms with Gasteiger partial charge >= 0.3 is 0 Å². The number of carbonyl (C=O) groups excluding carboxylic acids is 2. The second kappa shape index (κ2) is 10.4. The van der Waals surface area contributed by atoms with Crippen molar-refractivity contribution in [1.82, 2.24) is 10.3 Å². The van der Waals surface area contributed by atoms with Crippen LogP contribution in [0.3, 0.4) is 0 Å². The van der Waals surface area contributed by atoms with Gasteiger partial charge in [0.2, 0.25) is 0 Å². The number of furan rings is 1. The number of benzene rings is 3. The summed E-state index contributed by atoms with van der Waals surface area (Å²) in [6.07, 6.45) is 2.21. The molecule has 0 atom stereocenters. The van der Waals surface area contributed by atoms with Crippen LogP contribution in [0.1, 0.15) is 50.6 Å². The molecule has 4 aromatic rings. The lowest BCUT2D eigenvalue weighted by Gasteiger charge is -2.35. The predicted molar refractivity (Wildman–Crippen MR) is 149 cm³/mol. The van der Waals surface area contributed by atoms with Gasteiger partial charge in [-0.2, -0.15) is 5.10 Å². The molecule has 7 nitrogen and oxygen atoms in total. The molecule has 0 unspecified atom stereocenters. The third-order valence-corrected chi connectivity index (χ3v) is 7.61. The molecule has 3 aromatic carbocycles. The minimum atomic E-state index is -0.281. The number of para-hydroxylation sites is 1. The van der Waals surface area contributed by atoms with Crippen molar-refractivity contribution in [2.24, 2.45) is 5.10 Å². The quantitative estimate of drug-likeness (QED) is 0.367. The van der Waals surface area contributed by atoms with Crippen LogP contribution in [0, 0.1) is 12.7 Å². The lowest BCUT2D eigenvalue weighted by molar-refractivity contribution is 0.0711. The number of amides is 2. The number of hydrogen-bond acceptors (Lipinski definition) is 5. The van der Waals surface area contributed by atoms with Crippen LogP contribution >= 0.6 is 0 Å². The van der Waals surface area contributed by atoms with Gasteiger partial charge in [0.25, 0.3) is 11.8 Å². The molecule has 1 aliphatic carbocycles. The van der Waals surface area contributed by atoms with E-state index >= 15 is 0 Å². The van der Waals surface area contributed by atoms with E-state index in [1.807, 2.05) is 54.3 Å². The molecule has 0 bridgehead atoms. The molecule has 198 valence electrons. The van der Waals surface area contributed by atoms with Crippen molar-refractivity contribution in [3.05, 3.63) is 101 Å². The van der Waals surface area contributed by atoms with E-state index in [1.165, 1.54) is 6.07 Å². The maximum absolute atomic E-state index is 14.2. The van der Waals surface area contributed by atoms with Gasteiger partial charge in [0.15, 0.2) is 5.76 Å². The molecular formula is C31H29FN4O3. The van der Waals surface area contributed by atoms with Crippen molar-refractivity contribution in [2.45, 2.75) is 26.2 Å². The minimum absolute atomic E-state index is 0.172. The van der Waals surface area contributed by atoms with Gasteiger partial charge in [0.1, 0.15) is 11.6 Å². The summed E-state index contributed by atoms with van der Waals surface area (Å²) in [6, 6.07) is 20.1. The van der Waals surface area contributed by atoms with Crippen LogP contribution in [-0.4, -0.2) is 48.6 Å². The summed E-state index contributed by atoms with van der Waals surface area (Å²) in [4.78, 5) is 30.2. The first-order chi connectivity index (χ1) is 19.0. The first-order valence-electron chi connectivity index (χ1n) is 13.3. The van der Waals surface area contributed by atoms with E-state index in [4.69, 9.17) is 4.42 Å². The molecule has 1 saturated heterocycles. The number of carbonyl (C=O) groups is 2. The van der Waals surface area contributed by atoms with Crippen LogP contribution < -0.4 is 10.3 Å². The molecule has 1 aliphatic heterocycles. The highest BCUT2D eigenvalue weighted by Crippen LogP contribution is 2.31. The number of hydrazone groups is 1. The Morgan fingerprint density at radius 1 is 0.923 bits per heavy atom. The molecule has 1 fully saturated rings. The summed E-state index contributed by atoms with van der Waals surface area (Å²) in [7, 11) is 0.